The summed E-state index contributed by atoms with van der Waals surface area (Å²) in [6.07, 6.45) is 1.85. The molecule has 0 aliphatic rings. The van der Waals surface area contributed by atoms with Gasteiger partial charge in [0.2, 0.25) is 0 Å². The van der Waals surface area contributed by atoms with E-state index in [-0.39, 0.29) is 11.9 Å². The molecule has 0 amide bonds. The second-order valence-corrected chi connectivity index (χ2v) is 4.11. The van der Waals surface area contributed by atoms with E-state index in [2.05, 4.69) is 5.32 Å². The van der Waals surface area contributed by atoms with E-state index in [1.807, 2.05) is 6.92 Å². The first-order chi connectivity index (χ1) is 7.09. The van der Waals surface area contributed by atoms with Gasteiger partial charge in [-0.15, -0.1) is 0 Å². The Kier molecular flexibility index (Phi) is 4.85. The van der Waals surface area contributed by atoms with Crippen LogP contribution in [0, 0.1) is 5.82 Å². The topological polar surface area (TPSA) is 38.0 Å². The standard InChI is InChI=1S/C11H16ClFN2/c1-8(14)3-2-6-15-11-7-9(12)4-5-10(11)13/h4-5,7-8,15H,2-3,6,14H2,1H3. The lowest BCUT2D eigenvalue weighted by atomic mass is 10.2. The predicted molar refractivity (Wildman–Crippen MR) is 62.8 cm³/mol. The largest absolute Gasteiger partial charge is 0.383 e. The fraction of sp³-hybridized carbons (Fsp3) is 0.455. The number of halogens is 2. The van der Waals surface area contributed by atoms with Crippen molar-refractivity contribution >= 4 is 17.3 Å². The van der Waals surface area contributed by atoms with Crippen LogP contribution in [0.25, 0.3) is 0 Å². The molecule has 1 aromatic rings. The summed E-state index contributed by atoms with van der Waals surface area (Å²) >= 11 is 5.75. The van der Waals surface area contributed by atoms with Crippen molar-refractivity contribution in [2.75, 3.05) is 11.9 Å². The van der Waals surface area contributed by atoms with Crippen molar-refractivity contribution in [3.63, 3.8) is 0 Å². The molecule has 3 N–H and O–H groups in total. The second-order valence-electron chi connectivity index (χ2n) is 3.67. The lowest BCUT2D eigenvalue weighted by Gasteiger charge is -2.09. The molecule has 1 aromatic carbocycles. The van der Waals surface area contributed by atoms with E-state index in [0.29, 0.717) is 17.3 Å². The van der Waals surface area contributed by atoms with E-state index in [0.717, 1.165) is 12.8 Å². The van der Waals surface area contributed by atoms with Crippen LogP contribution in [0.5, 0.6) is 0 Å². The average molecular weight is 231 g/mol. The van der Waals surface area contributed by atoms with Gasteiger partial charge in [0, 0.05) is 17.6 Å². The third kappa shape index (κ3) is 4.49. The third-order valence-corrected chi connectivity index (χ3v) is 2.32. The highest BCUT2D eigenvalue weighted by atomic mass is 35.5. The van der Waals surface area contributed by atoms with Crippen LogP contribution in [0.2, 0.25) is 5.02 Å². The molecule has 0 saturated carbocycles. The van der Waals surface area contributed by atoms with Crippen LogP contribution in [0.4, 0.5) is 10.1 Å². The Morgan fingerprint density at radius 3 is 2.93 bits per heavy atom. The van der Waals surface area contributed by atoms with Gasteiger partial charge in [0.05, 0.1) is 5.69 Å². The number of hydrogen-bond acceptors (Lipinski definition) is 2. The Morgan fingerprint density at radius 2 is 2.27 bits per heavy atom. The van der Waals surface area contributed by atoms with E-state index < -0.39 is 0 Å². The average Bonchev–Trinajstić information content (AvgIpc) is 2.17. The minimum atomic E-state index is -0.278. The summed E-state index contributed by atoms with van der Waals surface area (Å²) in [4.78, 5) is 0. The molecule has 1 atom stereocenters. The Bertz CT molecular complexity index is 315. The van der Waals surface area contributed by atoms with Gasteiger partial charge in [-0.25, -0.2) is 4.39 Å². The molecule has 0 heterocycles. The zero-order chi connectivity index (χ0) is 11.3. The summed E-state index contributed by atoms with van der Waals surface area (Å²) in [6.45, 7) is 2.67. The molecule has 0 bridgehead atoms. The first kappa shape index (κ1) is 12.3. The van der Waals surface area contributed by atoms with Gasteiger partial charge in [0.15, 0.2) is 0 Å². The van der Waals surface area contributed by atoms with Crippen molar-refractivity contribution in [3.8, 4) is 0 Å². The second kappa shape index (κ2) is 5.93. The van der Waals surface area contributed by atoms with Crippen LogP contribution in [0.3, 0.4) is 0 Å². The zero-order valence-corrected chi connectivity index (χ0v) is 9.52. The summed E-state index contributed by atoms with van der Waals surface area (Å²) in [5.41, 5.74) is 6.05. The van der Waals surface area contributed by atoms with Gasteiger partial charge >= 0.3 is 0 Å². The molecule has 15 heavy (non-hydrogen) atoms. The molecule has 0 aliphatic heterocycles. The molecule has 1 unspecified atom stereocenters. The van der Waals surface area contributed by atoms with E-state index in [1.165, 1.54) is 12.1 Å². The summed E-state index contributed by atoms with van der Waals surface area (Å²) in [6, 6.07) is 4.67. The Labute approximate surface area is 94.6 Å². The number of hydrogen-bond donors (Lipinski definition) is 2. The highest BCUT2D eigenvalue weighted by Crippen LogP contribution is 2.19. The molecule has 1 rings (SSSR count). The molecule has 84 valence electrons. The molecule has 0 radical (unpaired) electrons. The van der Waals surface area contributed by atoms with Crippen molar-refractivity contribution in [3.05, 3.63) is 29.0 Å². The molecule has 0 saturated heterocycles. The smallest absolute Gasteiger partial charge is 0.146 e. The maximum absolute atomic E-state index is 13.2. The van der Waals surface area contributed by atoms with E-state index >= 15 is 0 Å². The molecule has 2 nitrogen and oxygen atoms in total. The monoisotopic (exact) mass is 230 g/mol. The molecular weight excluding hydrogens is 215 g/mol. The van der Waals surface area contributed by atoms with Gasteiger partial charge in [-0.05, 0) is 38.0 Å². The lowest BCUT2D eigenvalue weighted by Crippen LogP contribution is -2.16. The highest BCUT2D eigenvalue weighted by molar-refractivity contribution is 6.30. The van der Waals surface area contributed by atoms with Gasteiger partial charge in [0.25, 0.3) is 0 Å². The van der Waals surface area contributed by atoms with Crippen molar-refractivity contribution in [2.24, 2.45) is 5.73 Å². The van der Waals surface area contributed by atoms with Gasteiger partial charge in [0.1, 0.15) is 5.82 Å². The summed E-state index contributed by atoms with van der Waals surface area (Å²) in [5.74, 6) is -0.278. The van der Waals surface area contributed by atoms with Gasteiger partial charge in [-0.1, -0.05) is 11.6 Å². The van der Waals surface area contributed by atoms with Crippen molar-refractivity contribution in [2.45, 2.75) is 25.8 Å². The quantitative estimate of drug-likeness (QED) is 0.764. The number of anilines is 1. The van der Waals surface area contributed by atoms with Crippen molar-refractivity contribution in [1.82, 2.24) is 0 Å². The first-order valence-corrected chi connectivity index (χ1v) is 5.42. The van der Waals surface area contributed by atoms with E-state index in [1.54, 1.807) is 6.07 Å². The van der Waals surface area contributed by atoms with Gasteiger partial charge in [-0.3, -0.25) is 0 Å². The number of benzene rings is 1. The minimum absolute atomic E-state index is 0.191. The SMILES string of the molecule is CC(N)CCCNc1cc(Cl)ccc1F. The molecular formula is C11H16ClFN2. The predicted octanol–water partition coefficient (Wildman–Crippen LogP) is 3.02. The van der Waals surface area contributed by atoms with Crippen LogP contribution in [-0.2, 0) is 0 Å². The molecule has 0 spiro atoms. The maximum Gasteiger partial charge on any atom is 0.146 e. The Balaban J connectivity index is 2.40. The van der Waals surface area contributed by atoms with Crippen LogP contribution in [0.15, 0.2) is 18.2 Å². The van der Waals surface area contributed by atoms with Crippen LogP contribution >= 0.6 is 11.6 Å². The molecule has 0 fully saturated rings. The summed E-state index contributed by atoms with van der Waals surface area (Å²) in [5, 5.41) is 3.53. The van der Waals surface area contributed by atoms with Crippen molar-refractivity contribution < 1.29 is 4.39 Å². The highest BCUT2D eigenvalue weighted by Gasteiger charge is 2.02. The Morgan fingerprint density at radius 1 is 1.53 bits per heavy atom. The van der Waals surface area contributed by atoms with Crippen LogP contribution < -0.4 is 11.1 Å². The fourth-order valence-electron chi connectivity index (χ4n) is 1.28. The first-order valence-electron chi connectivity index (χ1n) is 5.04. The van der Waals surface area contributed by atoms with Crippen LogP contribution in [0.1, 0.15) is 19.8 Å². The zero-order valence-electron chi connectivity index (χ0n) is 8.76. The molecule has 0 aliphatic carbocycles. The lowest BCUT2D eigenvalue weighted by molar-refractivity contribution is 0.621. The van der Waals surface area contributed by atoms with Crippen LogP contribution in [-0.4, -0.2) is 12.6 Å². The van der Waals surface area contributed by atoms with Gasteiger partial charge < -0.3 is 11.1 Å². The number of nitrogens with two attached hydrogens (primary N) is 1. The summed E-state index contributed by atoms with van der Waals surface area (Å²) < 4.78 is 13.2. The summed E-state index contributed by atoms with van der Waals surface area (Å²) in [7, 11) is 0. The minimum Gasteiger partial charge on any atom is -0.383 e. The van der Waals surface area contributed by atoms with E-state index in [9.17, 15) is 4.39 Å². The molecule has 0 aromatic heterocycles. The fourth-order valence-corrected chi connectivity index (χ4v) is 1.45. The maximum atomic E-state index is 13.2. The van der Waals surface area contributed by atoms with Crippen molar-refractivity contribution in [1.29, 1.82) is 0 Å². The normalized spacial score (nSPS) is 12.5. The third-order valence-electron chi connectivity index (χ3n) is 2.08. The van der Waals surface area contributed by atoms with Gasteiger partial charge in [-0.2, -0.15) is 0 Å². The van der Waals surface area contributed by atoms with E-state index in [4.69, 9.17) is 17.3 Å². The number of nitrogens with one attached hydrogen (secondary N) is 1. The number of rotatable bonds is 5. The Hall–Kier alpha value is -0.800. The molecule has 4 heteroatoms.